The molecule has 1 unspecified atom stereocenters. The average molecular weight is 200 g/mol. The first-order chi connectivity index (χ1) is 6.50. The van der Waals surface area contributed by atoms with Crippen molar-refractivity contribution in [2.24, 2.45) is 5.92 Å². The van der Waals surface area contributed by atoms with Crippen molar-refractivity contribution < 1.29 is 13.9 Å². The molecule has 0 fully saturated rings. The van der Waals surface area contributed by atoms with Crippen LogP contribution in [0.1, 0.15) is 31.9 Å². The Labute approximate surface area is 82.4 Å². The molecule has 0 amide bonds. The summed E-state index contributed by atoms with van der Waals surface area (Å²) in [6, 6.07) is 3.12. The van der Waals surface area contributed by atoms with Crippen molar-refractivity contribution in [2.75, 3.05) is 0 Å². The van der Waals surface area contributed by atoms with Gasteiger partial charge in [-0.05, 0) is 30.5 Å². The summed E-state index contributed by atoms with van der Waals surface area (Å²) in [6.45, 7) is 3.83. The van der Waals surface area contributed by atoms with E-state index in [4.69, 9.17) is 0 Å². The Hall–Kier alpha value is -0.960. The smallest absolute Gasteiger partial charge is 0.129 e. The molecular weight excluding hydrogens is 186 g/mol. The summed E-state index contributed by atoms with van der Waals surface area (Å²) in [5.74, 6) is -0.837. The zero-order valence-corrected chi connectivity index (χ0v) is 8.30. The Kier molecular flexibility index (Phi) is 3.58. The molecule has 0 bridgehead atoms. The molecule has 0 aliphatic carbocycles. The Morgan fingerprint density at radius 3 is 2.50 bits per heavy atom. The van der Waals surface area contributed by atoms with Crippen LogP contribution in [0.25, 0.3) is 0 Å². The van der Waals surface area contributed by atoms with Crippen LogP contribution < -0.4 is 0 Å². The molecule has 3 heteroatoms. The zero-order chi connectivity index (χ0) is 10.7. The third kappa shape index (κ3) is 2.77. The number of aliphatic hydroxyl groups is 1. The monoisotopic (exact) mass is 200 g/mol. The molecule has 78 valence electrons. The first-order valence-corrected chi connectivity index (χ1v) is 4.63. The van der Waals surface area contributed by atoms with Gasteiger partial charge in [0.05, 0.1) is 6.10 Å². The standard InChI is InChI=1S/C11H14F2O/c1-7(2)5-11(14)9-6-8(12)3-4-10(9)13/h3-4,6-7,11,14H,5H2,1-2H3. The van der Waals surface area contributed by atoms with Crippen LogP contribution in [-0.4, -0.2) is 5.11 Å². The average Bonchev–Trinajstić information content (AvgIpc) is 2.08. The summed E-state index contributed by atoms with van der Waals surface area (Å²) in [5, 5.41) is 9.59. The number of halogens is 2. The minimum Gasteiger partial charge on any atom is -0.388 e. The van der Waals surface area contributed by atoms with E-state index >= 15 is 0 Å². The van der Waals surface area contributed by atoms with Crippen LogP contribution in [-0.2, 0) is 0 Å². The van der Waals surface area contributed by atoms with Crippen molar-refractivity contribution in [3.8, 4) is 0 Å². The number of rotatable bonds is 3. The third-order valence-electron chi connectivity index (χ3n) is 2.01. The summed E-state index contributed by atoms with van der Waals surface area (Å²) < 4.78 is 25.9. The molecule has 1 aromatic carbocycles. The van der Waals surface area contributed by atoms with Gasteiger partial charge in [0.15, 0.2) is 0 Å². The molecule has 1 nitrogen and oxygen atoms in total. The van der Waals surface area contributed by atoms with E-state index < -0.39 is 17.7 Å². The summed E-state index contributed by atoms with van der Waals surface area (Å²) in [6.07, 6.45) is -0.494. The van der Waals surface area contributed by atoms with Gasteiger partial charge < -0.3 is 5.11 Å². The van der Waals surface area contributed by atoms with E-state index in [1.807, 2.05) is 13.8 Å². The lowest BCUT2D eigenvalue weighted by molar-refractivity contribution is 0.146. The van der Waals surface area contributed by atoms with Crippen LogP contribution in [0, 0.1) is 17.6 Å². The quantitative estimate of drug-likeness (QED) is 0.795. The highest BCUT2D eigenvalue weighted by atomic mass is 19.1. The van der Waals surface area contributed by atoms with Crippen molar-refractivity contribution in [2.45, 2.75) is 26.4 Å². The van der Waals surface area contributed by atoms with Crippen LogP contribution in [0.5, 0.6) is 0 Å². The molecule has 1 atom stereocenters. The van der Waals surface area contributed by atoms with E-state index in [0.717, 1.165) is 18.2 Å². The van der Waals surface area contributed by atoms with E-state index in [1.165, 1.54) is 0 Å². The molecule has 0 spiro atoms. The van der Waals surface area contributed by atoms with Gasteiger partial charge in [-0.1, -0.05) is 13.8 Å². The minimum absolute atomic E-state index is 0.0405. The fourth-order valence-corrected chi connectivity index (χ4v) is 1.34. The normalized spacial score (nSPS) is 13.3. The number of benzene rings is 1. The van der Waals surface area contributed by atoms with E-state index in [2.05, 4.69) is 0 Å². The molecule has 0 radical (unpaired) electrons. The molecule has 1 aromatic rings. The van der Waals surface area contributed by atoms with Gasteiger partial charge in [-0.3, -0.25) is 0 Å². The summed E-state index contributed by atoms with van der Waals surface area (Å²) >= 11 is 0. The third-order valence-corrected chi connectivity index (χ3v) is 2.01. The maximum Gasteiger partial charge on any atom is 0.129 e. The topological polar surface area (TPSA) is 20.2 Å². The van der Waals surface area contributed by atoms with Gasteiger partial charge in [0.2, 0.25) is 0 Å². The first kappa shape index (κ1) is 11.1. The van der Waals surface area contributed by atoms with Crippen molar-refractivity contribution >= 4 is 0 Å². The molecule has 0 saturated carbocycles. The fraction of sp³-hybridized carbons (Fsp3) is 0.455. The molecule has 0 saturated heterocycles. The zero-order valence-electron chi connectivity index (χ0n) is 8.30. The van der Waals surface area contributed by atoms with E-state index in [-0.39, 0.29) is 11.5 Å². The number of hydrogen-bond donors (Lipinski definition) is 1. The van der Waals surface area contributed by atoms with Crippen LogP contribution in [0.3, 0.4) is 0 Å². The van der Waals surface area contributed by atoms with Crippen LogP contribution in [0.2, 0.25) is 0 Å². The fourth-order valence-electron chi connectivity index (χ4n) is 1.34. The van der Waals surface area contributed by atoms with Gasteiger partial charge in [0.1, 0.15) is 11.6 Å². The lowest BCUT2D eigenvalue weighted by atomic mass is 9.99. The van der Waals surface area contributed by atoms with Crippen LogP contribution in [0.4, 0.5) is 8.78 Å². The molecule has 0 aromatic heterocycles. The van der Waals surface area contributed by atoms with E-state index in [0.29, 0.717) is 6.42 Å². The molecule has 0 aliphatic heterocycles. The van der Waals surface area contributed by atoms with Gasteiger partial charge in [-0.25, -0.2) is 8.78 Å². The maximum absolute atomic E-state index is 13.1. The predicted octanol–water partition coefficient (Wildman–Crippen LogP) is 3.04. The summed E-state index contributed by atoms with van der Waals surface area (Å²) in [5.41, 5.74) is 0.0405. The molecule has 14 heavy (non-hydrogen) atoms. The van der Waals surface area contributed by atoms with Gasteiger partial charge in [0, 0.05) is 5.56 Å². The Morgan fingerprint density at radius 2 is 1.93 bits per heavy atom. The van der Waals surface area contributed by atoms with Crippen molar-refractivity contribution in [1.82, 2.24) is 0 Å². The van der Waals surface area contributed by atoms with Gasteiger partial charge in [-0.15, -0.1) is 0 Å². The first-order valence-electron chi connectivity index (χ1n) is 4.63. The number of aliphatic hydroxyl groups excluding tert-OH is 1. The lowest BCUT2D eigenvalue weighted by Crippen LogP contribution is -2.04. The highest BCUT2D eigenvalue weighted by Crippen LogP contribution is 2.23. The van der Waals surface area contributed by atoms with E-state index in [9.17, 15) is 13.9 Å². The lowest BCUT2D eigenvalue weighted by Gasteiger charge is -2.13. The SMILES string of the molecule is CC(C)CC(O)c1cc(F)ccc1F. The van der Waals surface area contributed by atoms with Crippen molar-refractivity contribution in [1.29, 1.82) is 0 Å². The molecular formula is C11H14F2O. The number of hydrogen-bond acceptors (Lipinski definition) is 1. The molecule has 1 N–H and O–H groups in total. The van der Waals surface area contributed by atoms with Gasteiger partial charge in [-0.2, -0.15) is 0 Å². The maximum atomic E-state index is 13.1. The Bertz CT molecular complexity index is 310. The van der Waals surface area contributed by atoms with E-state index in [1.54, 1.807) is 0 Å². The summed E-state index contributed by atoms with van der Waals surface area (Å²) in [7, 11) is 0. The highest BCUT2D eigenvalue weighted by Gasteiger charge is 2.14. The second-order valence-electron chi connectivity index (χ2n) is 3.81. The second-order valence-corrected chi connectivity index (χ2v) is 3.81. The second kappa shape index (κ2) is 4.51. The molecule has 1 rings (SSSR count). The summed E-state index contributed by atoms with van der Waals surface area (Å²) in [4.78, 5) is 0. The Balaban J connectivity index is 2.88. The van der Waals surface area contributed by atoms with Gasteiger partial charge in [0.25, 0.3) is 0 Å². The highest BCUT2D eigenvalue weighted by molar-refractivity contribution is 5.20. The van der Waals surface area contributed by atoms with Gasteiger partial charge >= 0.3 is 0 Å². The van der Waals surface area contributed by atoms with Crippen molar-refractivity contribution in [3.63, 3.8) is 0 Å². The molecule has 0 aliphatic rings. The molecule has 0 heterocycles. The largest absolute Gasteiger partial charge is 0.388 e. The Morgan fingerprint density at radius 1 is 1.29 bits per heavy atom. The predicted molar refractivity (Wildman–Crippen MR) is 50.8 cm³/mol. The minimum atomic E-state index is -0.925. The van der Waals surface area contributed by atoms with Crippen LogP contribution >= 0.6 is 0 Å². The van der Waals surface area contributed by atoms with Crippen molar-refractivity contribution in [3.05, 3.63) is 35.4 Å². The van der Waals surface area contributed by atoms with Crippen LogP contribution in [0.15, 0.2) is 18.2 Å².